The number of hydrogen-bond donors (Lipinski definition) is 2. The van der Waals surface area contributed by atoms with Crippen LogP contribution in [0, 0.1) is 10.1 Å². The summed E-state index contributed by atoms with van der Waals surface area (Å²) in [5.74, 6) is -0.328. The van der Waals surface area contributed by atoms with Crippen LogP contribution in [0.25, 0.3) is 0 Å². The molecule has 0 heterocycles. The number of nitrogens with one attached hydrogen (secondary N) is 1. The summed E-state index contributed by atoms with van der Waals surface area (Å²) in [4.78, 5) is 22.0. The van der Waals surface area contributed by atoms with E-state index >= 15 is 0 Å². The van der Waals surface area contributed by atoms with Gasteiger partial charge in [-0.15, -0.1) is 0 Å². The van der Waals surface area contributed by atoms with E-state index in [1.54, 1.807) is 7.11 Å². The Hall–Kier alpha value is -2.15. The molecule has 7 heteroatoms. The number of carbonyl (C=O) groups excluding carboxylic acids is 1. The Labute approximate surface area is 110 Å². The quantitative estimate of drug-likeness (QED) is 0.459. The number of anilines is 1. The number of nitrogens with zero attached hydrogens (tertiary/aromatic N) is 1. The van der Waals surface area contributed by atoms with Crippen molar-refractivity contribution in [3.05, 3.63) is 33.9 Å². The summed E-state index contributed by atoms with van der Waals surface area (Å²) in [6.07, 6.45) is 0.724. The predicted molar refractivity (Wildman–Crippen MR) is 70.9 cm³/mol. The number of nitro groups is 1. The van der Waals surface area contributed by atoms with Gasteiger partial charge in [0.2, 0.25) is 0 Å². The number of hydrogen-bond acceptors (Lipinski definition) is 5. The first-order valence-electron chi connectivity index (χ1n) is 5.83. The van der Waals surface area contributed by atoms with E-state index in [2.05, 4.69) is 5.32 Å². The van der Waals surface area contributed by atoms with Crippen LogP contribution in [0.15, 0.2) is 18.2 Å². The lowest BCUT2D eigenvalue weighted by Crippen LogP contribution is -2.37. The maximum absolute atomic E-state index is 11.9. The van der Waals surface area contributed by atoms with Gasteiger partial charge >= 0.3 is 0 Å². The molecule has 0 saturated heterocycles. The highest BCUT2D eigenvalue weighted by Crippen LogP contribution is 2.22. The van der Waals surface area contributed by atoms with Crippen LogP contribution < -0.4 is 11.1 Å². The molecule has 1 aromatic rings. The second kappa shape index (κ2) is 6.69. The minimum atomic E-state index is -0.587. The number of benzene rings is 1. The monoisotopic (exact) mass is 267 g/mol. The zero-order valence-corrected chi connectivity index (χ0v) is 10.9. The molecule has 0 aliphatic heterocycles. The van der Waals surface area contributed by atoms with Gasteiger partial charge in [-0.05, 0) is 18.6 Å². The lowest BCUT2D eigenvalue weighted by molar-refractivity contribution is -0.383. The summed E-state index contributed by atoms with van der Waals surface area (Å²) < 4.78 is 4.98. The Bertz CT molecular complexity index is 476. The average Bonchev–Trinajstić information content (AvgIpc) is 2.37. The molecule has 0 aromatic heterocycles. The van der Waals surface area contributed by atoms with Crippen molar-refractivity contribution in [1.29, 1.82) is 0 Å². The van der Waals surface area contributed by atoms with Gasteiger partial charge in [-0.1, -0.05) is 6.92 Å². The number of nitrogen functional groups attached to an aromatic ring is 1. The summed E-state index contributed by atoms with van der Waals surface area (Å²) in [5.41, 5.74) is 5.59. The van der Waals surface area contributed by atoms with Crippen molar-refractivity contribution >= 4 is 17.3 Å². The van der Waals surface area contributed by atoms with Crippen molar-refractivity contribution in [1.82, 2.24) is 5.32 Å². The van der Waals surface area contributed by atoms with Gasteiger partial charge in [0.25, 0.3) is 11.6 Å². The van der Waals surface area contributed by atoms with Crippen LogP contribution in [0.2, 0.25) is 0 Å². The molecule has 0 fully saturated rings. The standard InChI is InChI=1S/C12H17N3O4/c1-3-9(7-19-2)14-12(16)8-4-5-11(15(17)18)10(13)6-8/h4-6,9H,3,7,13H2,1-2H3,(H,14,16). The number of methoxy groups -OCH3 is 1. The number of ether oxygens (including phenoxy) is 1. The summed E-state index contributed by atoms with van der Waals surface area (Å²) in [5, 5.41) is 13.4. The van der Waals surface area contributed by atoms with Crippen LogP contribution >= 0.6 is 0 Å². The van der Waals surface area contributed by atoms with E-state index in [1.807, 2.05) is 6.92 Å². The van der Waals surface area contributed by atoms with Crippen LogP contribution in [0.5, 0.6) is 0 Å². The van der Waals surface area contributed by atoms with Crippen LogP contribution in [0.3, 0.4) is 0 Å². The van der Waals surface area contributed by atoms with Crippen molar-refractivity contribution in [2.75, 3.05) is 19.5 Å². The summed E-state index contributed by atoms with van der Waals surface area (Å²) in [7, 11) is 1.55. The summed E-state index contributed by atoms with van der Waals surface area (Å²) in [6, 6.07) is 3.80. The third kappa shape index (κ3) is 3.92. The van der Waals surface area contributed by atoms with Crippen molar-refractivity contribution in [3.63, 3.8) is 0 Å². The highest BCUT2D eigenvalue weighted by molar-refractivity contribution is 5.95. The Morgan fingerprint density at radius 1 is 1.58 bits per heavy atom. The highest BCUT2D eigenvalue weighted by atomic mass is 16.6. The SMILES string of the molecule is CCC(COC)NC(=O)c1ccc([N+](=O)[O-])c(N)c1. The van der Waals surface area contributed by atoms with Crippen LogP contribution in [0.1, 0.15) is 23.7 Å². The zero-order valence-electron chi connectivity index (χ0n) is 10.9. The molecule has 19 heavy (non-hydrogen) atoms. The van der Waals surface area contributed by atoms with Gasteiger partial charge in [-0.2, -0.15) is 0 Å². The minimum Gasteiger partial charge on any atom is -0.393 e. The molecule has 1 rings (SSSR count). The van der Waals surface area contributed by atoms with Crippen molar-refractivity contribution in [2.45, 2.75) is 19.4 Å². The highest BCUT2D eigenvalue weighted by Gasteiger charge is 2.16. The van der Waals surface area contributed by atoms with Gasteiger partial charge in [0, 0.05) is 18.7 Å². The fourth-order valence-corrected chi connectivity index (χ4v) is 1.59. The Morgan fingerprint density at radius 2 is 2.26 bits per heavy atom. The van der Waals surface area contributed by atoms with Crippen molar-refractivity contribution in [2.24, 2.45) is 0 Å². The Morgan fingerprint density at radius 3 is 2.74 bits per heavy atom. The average molecular weight is 267 g/mol. The number of rotatable bonds is 6. The lowest BCUT2D eigenvalue weighted by Gasteiger charge is -2.15. The normalized spacial score (nSPS) is 11.9. The summed E-state index contributed by atoms with van der Waals surface area (Å²) >= 11 is 0. The third-order valence-electron chi connectivity index (χ3n) is 2.68. The first-order valence-corrected chi connectivity index (χ1v) is 5.83. The van der Waals surface area contributed by atoms with E-state index in [-0.39, 0.29) is 28.9 Å². The molecular formula is C12H17N3O4. The fourth-order valence-electron chi connectivity index (χ4n) is 1.59. The number of nitrogens with two attached hydrogens (primary N) is 1. The molecule has 1 atom stereocenters. The topological polar surface area (TPSA) is 107 Å². The molecule has 104 valence electrons. The van der Waals surface area contributed by atoms with E-state index in [0.717, 1.165) is 6.42 Å². The van der Waals surface area contributed by atoms with Gasteiger partial charge in [-0.25, -0.2) is 0 Å². The predicted octanol–water partition coefficient (Wildman–Crippen LogP) is 1.33. The van der Waals surface area contributed by atoms with E-state index in [9.17, 15) is 14.9 Å². The maximum Gasteiger partial charge on any atom is 0.292 e. The minimum absolute atomic E-state index is 0.0301. The maximum atomic E-state index is 11.9. The molecule has 7 nitrogen and oxygen atoms in total. The molecule has 1 unspecified atom stereocenters. The second-order valence-corrected chi connectivity index (χ2v) is 4.06. The molecule has 0 spiro atoms. The molecule has 1 aromatic carbocycles. The largest absolute Gasteiger partial charge is 0.393 e. The second-order valence-electron chi connectivity index (χ2n) is 4.06. The Balaban J connectivity index is 2.83. The van der Waals surface area contributed by atoms with E-state index in [1.165, 1.54) is 18.2 Å². The first-order chi connectivity index (χ1) is 8.99. The van der Waals surface area contributed by atoms with Crippen LogP contribution in [-0.2, 0) is 4.74 Å². The molecule has 3 N–H and O–H groups in total. The number of carbonyl (C=O) groups is 1. The molecule has 0 saturated carbocycles. The van der Waals surface area contributed by atoms with Crippen LogP contribution in [-0.4, -0.2) is 30.6 Å². The summed E-state index contributed by atoms with van der Waals surface area (Å²) in [6.45, 7) is 2.33. The fraction of sp³-hybridized carbons (Fsp3) is 0.417. The smallest absolute Gasteiger partial charge is 0.292 e. The van der Waals surface area contributed by atoms with Gasteiger partial charge in [0.15, 0.2) is 0 Å². The molecule has 0 radical (unpaired) electrons. The number of nitro benzene ring substituents is 1. The van der Waals surface area contributed by atoms with E-state index in [0.29, 0.717) is 6.61 Å². The van der Waals surface area contributed by atoms with Gasteiger partial charge < -0.3 is 15.8 Å². The first kappa shape index (κ1) is 14.9. The molecule has 0 aliphatic rings. The van der Waals surface area contributed by atoms with Gasteiger partial charge in [0.1, 0.15) is 5.69 Å². The van der Waals surface area contributed by atoms with Crippen LogP contribution in [0.4, 0.5) is 11.4 Å². The third-order valence-corrected chi connectivity index (χ3v) is 2.68. The van der Waals surface area contributed by atoms with E-state index < -0.39 is 4.92 Å². The van der Waals surface area contributed by atoms with Crippen molar-refractivity contribution < 1.29 is 14.5 Å². The van der Waals surface area contributed by atoms with Gasteiger partial charge in [0.05, 0.1) is 17.6 Å². The Kier molecular flexibility index (Phi) is 5.25. The lowest BCUT2D eigenvalue weighted by atomic mass is 10.1. The molecular weight excluding hydrogens is 250 g/mol. The van der Waals surface area contributed by atoms with Gasteiger partial charge in [-0.3, -0.25) is 14.9 Å². The van der Waals surface area contributed by atoms with E-state index in [4.69, 9.17) is 10.5 Å². The molecule has 1 amide bonds. The zero-order chi connectivity index (χ0) is 14.4. The molecule has 0 bridgehead atoms. The van der Waals surface area contributed by atoms with Crippen molar-refractivity contribution in [3.8, 4) is 0 Å². The number of amides is 1. The molecule has 0 aliphatic carbocycles.